The van der Waals surface area contributed by atoms with Crippen molar-refractivity contribution in [3.05, 3.63) is 59.4 Å². The van der Waals surface area contributed by atoms with Crippen molar-refractivity contribution in [3.63, 3.8) is 0 Å². The minimum absolute atomic E-state index is 0.105. The molecule has 130 valence electrons. The van der Waals surface area contributed by atoms with Crippen molar-refractivity contribution in [3.8, 4) is 5.75 Å². The van der Waals surface area contributed by atoms with Crippen molar-refractivity contribution in [1.29, 1.82) is 0 Å². The molecule has 3 aromatic rings. The topological polar surface area (TPSA) is 36.3 Å². The number of hydrogen-bond acceptors (Lipinski definition) is 3. The summed E-state index contributed by atoms with van der Waals surface area (Å²) in [5.41, 5.74) is 4.56. The number of aromatic nitrogens is 2. The third-order valence-corrected chi connectivity index (χ3v) is 4.82. The average Bonchev–Trinajstić information content (AvgIpc) is 3.26. The lowest BCUT2D eigenvalue weighted by atomic mass is 10.1. The first-order valence-corrected chi connectivity index (χ1v) is 8.99. The van der Waals surface area contributed by atoms with E-state index in [2.05, 4.69) is 54.8 Å². The van der Waals surface area contributed by atoms with E-state index in [-0.39, 0.29) is 6.10 Å². The van der Waals surface area contributed by atoms with Crippen LogP contribution in [-0.2, 0) is 11.3 Å². The van der Waals surface area contributed by atoms with Gasteiger partial charge >= 0.3 is 0 Å². The van der Waals surface area contributed by atoms with Gasteiger partial charge in [-0.15, -0.1) is 0 Å². The predicted molar refractivity (Wildman–Crippen MR) is 99.1 cm³/mol. The third-order valence-electron chi connectivity index (χ3n) is 4.82. The van der Waals surface area contributed by atoms with Crippen molar-refractivity contribution in [2.24, 2.45) is 0 Å². The molecule has 0 spiro atoms. The Morgan fingerprint density at radius 1 is 1.20 bits per heavy atom. The van der Waals surface area contributed by atoms with Gasteiger partial charge in [-0.2, -0.15) is 0 Å². The second-order valence-corrected chi connectivity index (χ2v) is 6.73. The van der Waals surface area contributed by atoms with Gasteiger partial charge in [-0.1, -0.05) is 24.3 Å². The van der Waals surface area contributed by atoms with E-state index in [9.17, 15) is 0 Å². The zero-order valence-electron chi connectivity index (χ0n) is 14.9. The summed E-state index contributed by atoms with van der Waals surface area (Å²) in [5.74, 6) is 1.99. The summed E-state index contributed by atoms with van der Waals surface area (Å²) >= 11 is 0. The summed E-state index contributed by atoms with van der Waals surface area (Å²) in [5, 5.41) is 0. The molecule has 1 saturated heterocycles. The molecule has 0 aliphatic carbocycles. The summed E-state index contributed by atoms with van der Waals surface area (Å²) in [6, 6.07) is 14.6. The number of hydrogen-bond donors (Lipinski definition) is 0. The van der Waals surface area contributed by atoms with Gasteiger partial charge in [-0.25, -0.2) is 4.98 Å². The van der Waals surface area contributed by atoms with Gasteiger partial charge in [-0.3, -0.25) is 0 Å². The van der Waals surface area contributed by atoms with Crippen LogP contribution in [0.2, 0.25) is 0 Å². The molecule has 1 atom stereocenters. The van der Waals surface area contributed by atoms with E-state index in [1.807, 2.05) is 6.07 Å². The number of ether oxygens (including phenoxy) is 2. The maximum absolute atomic E-state index is 6.07. The van der Waals surface area contributed by atoms with Crippen LogP contribution in [0.1, 0.15) is 35.9 Å². The molecule has 1 unspecified atom stereocenters. The maximum Gasteiger partial charge on any atom is 0.139 e. The van der Waals surface area contributed by atoms with Crippen LogP contribution in [0, 0.1) is 13.8 Å². The Morgan fingerprint density at radius 2 is 2.08 bits per heavy atom. The van der Waals surface area contributed by atoms with Crippen molar-refractivity contribution < 1.29 is 9.47 Å². The van der Waals surface area contributed by atoms with E-state index < -0.39 is 0 Å². The van der Waals surface area contributed by atoms with Gasteiger partial charge in [0.05, 0.1) is 17.6 Å². The van der Waals surface area contributed by atoms with Crippen molar-refractivity contribution in [1.82, 2.24) is 9.55 Å². The first-order chi connectivity index (χ1) is 12.2. The molecule has 1 fully saturated rings. The normalized spacial score (nSPS) is 17.3. The van der Waals surface area contributed by atoms with E-state index >= 15 is 0 Å². The van der Waals surface area contributed by atoms with Crippen LogP contribution in [0.15, 0.2) is 42.5 Å². The van der Waals surface area contributed by atoms with Crippen LogP contribution >= 0.6 is 0 Å². The number of aryl methyl sites for hydroxylation is 2. The van der Waals surface area contributed by atoms with Crippen LogP contribution in [0.4, 0.5) is 0 Å². The van der Waals surface area contributed by atoms with Gasteiger partial charge in [0.1, 0.15) is 24.3 Å². The summed E-state index contributed by atoms with van der Waals surface area (Å²) in [6.45, 7) is 6.38. The quantitative estimate of drug-likeness (QED) is 0.684. The second kappa shape index (κ2) is 6.89. The van der Waals surface area contributed by atoms with E-state index in [0.29, 0.717) is 6.61 Å². The molecule has 25 heavy (non-hydrogen) atoms. The first kappa shape index (κ1) is 16.2. The molecule has 1 aliphatic heterocycles. The van der Waals surface area contributed by atoms with E-state index in [1.54, 1.807) is 0 Å². The Labute approximate surface area is 148 Å². The lowest BCUT2D eigenvalue weighted by molar-refractivity contribution is 0.101. The highest BCUT2D eigenvalue weighted by Crippen LogP contribution is 2.30. The lowest BCUT2D eigenvalue weighted by Gasteiger charge is -2.15. The van der Waals surface area contributed by atoms with E-state index in [0.717, 1.165) is 48.6 Å². The Morgan fingerprint density at radius 3 is 2.92 bits per heavy atom. The smallest absolute Gasteiger partial charge is 0.139 e. The summed E-state index contributed by atoms with van der Waals surface area (Å²) in [4.78, 5) is 4.83. The Hall–Kier alpha value is -2.33. The standard InChI is InChI=1S/C21H24N2O2/c1-15-9-10-16(2)20(14-15)25-13-11-23-18-7-4-3-6-17(18)22-21(23)19-8-5-12-24-19/h3-4,6-7,9-10,14,19H,5,8,11-13H2,1-2H3. The van der Waals surface area contributed by atoms with Crippen LogP contribution in [0.5, 0.6) is 5.75 Å². The molecule has 0 amide bonds. The van der Waals surface area contributed by atoms with Gasteiger partial charge in [0.15, 0.2) is 0 Å². The highest BCUT2D eigenvalue weighted by atomic mass is 16.5. The molecule has 2 aromatic carbocycles. The van der Waals surface area contributed by atoms with Gasteiger partial charge in [0.2, 0.25) is 0 Å². The fourth-order valence-corrected chi connectivity index (χ4v) is 3.47. The Kier molecular flexibility index (Phi) is 4.45. The second-order valence-electron chi connectivity index (χ2n) is 6.73. The largest absolute Gasteiger partial charge is 0.491 e. The third kappa shape index (κ3) is 3.27. The summed E-state index contributed by atoms with van der Waals surface area (Å²) < 4.78 is 14.2. The first-order valence-electron chi connectivity index (χ1n) is 8.99. The van der Waals surface area contributed by atoms with E-state index in [1.165, 1.54) is 11.1 Å². The monoisotopic (exact) mass is 336 g/mol. The van der Waals surface area contributed by atoms with Gasteiger partial charge in [-0.05, 0) is 56.0 Å². The number of nitrogens with zero attached hydrogens (tertiary/aromatic N) is 2. The van der Waals surface area contributed by atoms with Crippen molar-refractivity contribution >= 4 is 11.0 Å². The van der Waals surface area contributed by atoms with Gasteiger partial charge < -0.3 is 14.0 Å². The Bertz CT molecular complexity index is 879. The molecular weight excluding hydrogens is 312 g/mol. The number of para-hydroxylation sites is 2. The minimum Gasteiger partial charge on any atom is -0.491 e. The maximum atomic E-state index is 6.07. The van der Waals surface area contributed by atoms with Crippen molar-refractivity contribution in [2.45, 2.75) is 39.3 Å². The van der Waals surface area contributed by atoms with Crippen LogP contribution in [0.25, 0.3) is 11.0 Å². The SMILES string of the molecule is Cc1ccc(C)c(OCCn2c(C3CCCO3)nc3ccccc32)c1. The summed E-state index contributed by atoms with van der Waals surface area (Å²) in [7, 11) is 0. The molecule has 4 heteroatoms. The molecule has 0 saturated carbocycles. The molecular formula is C21H24N2O2. The van der Waals surface area contributed by atoms with Crippen LogP contribution < -0.4 is 4.74 Å². The molecule has 0 N–H and O–H groups in total. The van der Waals surface area contributed by atoms with E-state index in [4.69, 9.17) is 14.5 Å². The highest BCUT2D eigenvalue weighted by Gasteiger charge is 2.24. The average molecular weight is 336 g/mol. The Balaban J connectivity index is 1.57. The lowest BCUT2D eigenvalue weighted by Crippen LogP contribution is -2.14. The van der Waals surface area contributed by atoms with Crippen LogP contribution in [0.3, 0.4) is 0 Å². The summed E-state index contributed by atoms with van der Waals surface area (Å²) in [6.07, 6.45) is 2.25. The number of benzene rings is 2. The molecule has 0 radical (unpaired) electrons. The fourth-order valence-electron chi connectivity index (χ4n) is 3.47. The molecule has 4 rings (SSSR count). The molecule has 2 heterocycles. The molecule has 0 bridgehead atoms. The zero-order valence-corrected chi connectivity index (χ0v) is 14.9. The minimum atomic E-state index is 0.105. The number of rotatable bonds is 5. The van der Waals surface area contributed by atoms with Gasteiger partial charge in [0.25, 0.3) is 0 Å². The fraction of sp³-hybridized carbons (Fsp3) is 0.381. The highest BCUT2D eigenvalue weighted by molar-refractivity contribution is 5.76. The molecule has 1 aromatic heterocycles. The van der Waals surface area contributed by atoms with Crippen molar-refractivity contribution in [2.75, 3.05) is 13.2 Å². The molecule has 1 aliphatic rings. The van der Waals surface area contributed by atoms with Gasteiger partial charge in [0, 0.05) is 6.61 Å². The number of imidazole rings is 1. The number of fused-ring (bicyclic) bond motifs is 1. The molecule has 4 nitrogen and oxygen atoms in total. The predicted octanol–water partition coefficient (Wildman–Crippen LogP) is 4.58. The van der Waals surface area contributed by atoms with Crippen LogP contribution in [-0.4, -0.2) is 22.8 Å². The zero-order chi connectivity index (χ0) is 17.2.